The molecule has 0 heterocycles. The van der Waals surface area contributed by atoms with Crippen LogP contribution < -0.4 is 17.0 Å². The van der Waals surface area contributed by atoms with Crippen LogP contribution in [0.15, 0.2) is 12.7 Å². The van der Waals surface area contributed by atoms with Crippen LogP contribution in [0.1, 0.15) is 84.0 Å². The van der Waals surface area contributed by atoms with Crippen molar-refractivity contribution in [2.45, 2.75) is 96.1 Å². The molecule has 122 valence electrons. The Labute approximate surface area is 142 Å². The van der Waals surface area contributed by atoms with E-state index in [0.29, 0.717) is 5.92 Å². The monoisotopic (exact) mass is 355 g/mol. The number of hydrogen-bond donors (Lipinski definition) is 0. The van der Waals surface area contributed by atoms with Crippen molar-refractivity contribution in [3.05, 3.63) is 12.7 Å². The van der Waals surface area contributed by atoms with Gasteiger partial charge in [0.1, 0.15) is 6.21 Å². The highest BCUT2D eigenvalue weighted by molar-refractivity contribution is 5.55. The molecular formula is C19H34BrN. The Morgan fingerprint density at radius 2 is 1.43 bits per heavy atom. The Kier molecular flexibility index (Phi) is 9.55. The third-order valence-electron chi connectivity index (χ3n) is 5.37. The van der Waals surface area contributed by atoms with Gasteiger partial charge in [0, 0.05) is 31.6 Å². The van der Waals surface area contributed by atoms with Crippen LogP contribution in [-0.4, -0.2) is 22.9 Å². The van der Waals surface area contributed by atoms with Crippen molar-refractivity contribution < 1.29 is 21.6 Å². The lowest BCUT2D eigenvalue weighted by molar-refractivity contribution is -0.605. The summed E-state index contributed by atoms with van der Waals surface area (Å²) in [5.41, 5.74) is 0. The normalized spacial score (nSPS) is 22.1. The summed E-state index contributed by atoms with van der Waals surface area (Å²) in [6, 6.07) is 1.68. The molecule has 0 amide bonds. The van der Waals surface area contributed by atoms with Crippen molar-refractivity contribution in [3.8, 4) is 0 Å². The van der Waals surface area contributed by atoms with E-state index in [-0.39, 0.29) is 17.0 Å². The molecular weight excluding hydrogens is 322 g/mol. The van der Waals surface area contributed by atoms with Gasteiger partial charge < -0.3 is 17.0 Å². The van der Waals surface area contributed by atoms with Gasteiger partial charge in [0.2, 0.25) is 0 Å². The molecule has 2 rings (SSSR count). The highest BCUT2D eigenvalue weighted by atomic mass is 79.9. The molecule has 2 saturated carbocycles. The van der Waals surface area contributed by atoms with E-state index in [2.05, 4.69) is 30.4 Å². The molecule has 1 unspecified atom stereocenters. The first-order valence-corrected chi connectivity index (χ1v) is 9.08. The second-order valence-corrected chi connectivity index (χ2v) is 6.87. The lowest BCUT2D eigenvalue weighted by atomic mass is 9.89. The van der Waals surface area contributed by atoms with E-state index in [9.17, 15) is 0 Å². The van der Waals surface area contributed by atoms with Crippen LogP contribution in [0, 0.1) is 5.92 Å². The predicted molar refractivity (Wildman–Crippen MR) is 88.7 cm³/mol. The van der Waals surface area contributed by atoms with Crippen molar-refractivity contribution in [1.82, 2.24) is 0 Å². The quantitative estimate of drug-likeness (QED) is 0.390. The van der Waals surface area contributed by atoms with Crippen LogP contribution in [0.25, 0.3) is 0 Å². The van der Waals surface area contributed by atoms with Gasteiger partial charge >= 0.3 is 0 Å². The maximum absolute atomic E-state index is 3.94. The molecule has 0 aromatic heterocycles. The minimum absolute atomic E-state index is 0. The van der Waals surface area contributed by atoms with E-state index in [4.69, 9.17) is 0 Å². The zero-order valence-corrected chi connectivity index (χ0v) is 15.5. The van der Waals surface area contributed by atoms with Crippen LogP contribution in [0.3, 0.4) is 0 Å². The predicted octanol–water partition coefficient (Wildman–Crippen LogP) is 2.34. The Bertz CT molecular complexity index is 292. The number of halogens is 1. The Morgan fingerprint density at radius 1 is 0.952 bits per heavy atom. The maximum atomic E-state index is 3.94. The summed E-state index contributed by atoms with van der Waals surface area (Å²) in [7, 11) is 0. The average molecular weight is 356 g/mol. The van der Waals surface area contributed by atoms with Crippen molar-refractivity contribution in [3.63, 3.8) is 0 Å². The van der Waals surface area contributed by atoms with E-state index in [0.717, 1.165) is 18.5 Å². The van der Waals surface area contributed by atoms with Crippen molar-refractivity contribution in [2.24, 2.45) is 5.92 Å². The summed E-state index contributed by atoms with van der Waals surface area (Å²) in [6.45, 7) is 6.27. The van der Waals surface area contributed by atoms with E-state index in [1.54, 1.807) is 0 Å². The third-order valence-corrected chi connectivity index (χ3v) is 5.37. The molecule has 2 aliphatic carbocycles. The van der Waals surface area contributed by atoms with Gasteiger partial charge in [0.25, 0.3) is 0 Å². The SMILES string of the molecule is C=CCC(C=[N+](C1CCCCC1)C1CCCCC1)CC.[Br-]. The molecule has 0 aliphatic heterocycles. The summed E-state index contributed by atoms with van der Waals surface area (Å²) >= 11 is 0. The summed E-state index contributed by atoms with van der Waals surface area (Å²) in [5.74, 6) is 0.705. The van der Waals surface area contributed by atoms with Gasteiger partial charge in [0.05, 0.1) is 0 Å². The fourth-order valence-corrected chi connectivity index (χ4v) is 4.09. The smallest absolute Gasteiger partial charge is 0.152 e. The standard InChI is InChI=1S/C19H34N.BrH/c1-3-11-17(4-2)16-20(18-12-7-5-8-13-18)19-14-9-6-10-15-19;/h3,16-19H,1,4-15H2,2H3;1H/q+1;/p-1. The van der Waals surface area contributed by atoms with Crippen molar-refractivity contribution in [1.29, 1.82) is 0 Å². The lowest BCUT2D eigenvalue weighted by Crippen LogP contribution is -3.00. The molecule has 2 heteroatoms. The molecule has 1 nitrogen and oxygen atoms in total. The fraction of sp³-hybridized carbons (Fsp3) is 0.842. The average Bonchev–Trinajstić information content (AvgIpc) is 2.53. The first-order valence-electron chi connectivity index (χ1n) is 9.08. The Morgan fingerprint density at radius 3 is 1.81 bits per heavy atom. The third kappa shape index (κ3) is 5.88. The molecule has 21 heavy (non-hydrogen) atoms. The molecule has 0 spiro atoms. The second-order valence-electron chi connectivity index (χ2n) is 6.87. The largest absolute Gasteiger partial charge is 1.00 e. The summed E-state index contributed by atoms with van der Waals surface area (Å²) in [6.07, 6.45) is 21.5. The van der Waals surface area contributed by atoms with Gasteiger partial charge in [-0.25, -0.2) is 4.58 Å². The number of hydrogen-bond acceptors (Lipinski definition) is 0. The van der Waals surface area contributed by atoms with Gasteiger partial charge in [-0.15, -0.1) is 6.58 Å². The number of rotatable bonds is 6. The molecule has 2 aliphatic rings. The zero-order chi connectivity index (χ0) is 14.2. The summed E-state index contributed by atoms with van der Waals surface area (Å²) < 4.78 is 2.83. The minimum atomic E-state index is 0. The molecule has 0 aromatic carbocycles. The lowest BCUT2D eigenvalue weighted by Gasteiger charge is -2.29. The topological polar surface area (TPSA) is 3.01 Å². The molecule has 1 atom stereocenters. The molecule has 0 bridgehead atoms. The van der Waals surface area contributed by atoms with Crippen molar-refractivity contribution in [2.75, 3.05) is 0 Å². The maximum Gasteiger partial charge on any atom is 0.152 e. The fourth-order valence-electron chi connectivity index (χ4n) is 4.09. The van der Waals surface area contributed by atoms with Crippen molar-refractivity contribution >= 4 is 6.21 Å². The van der Waals surface area contributed by atoms with Crippen LogP contribution in [0.5, 0.6) is 0 Å². The summed E-state index contributed by atoms with van der Waals surface area (Å²) in [4.78, 5) is 0. The number of allylic oxidation sites excluding steroid dienone is 1. The van der Waals surface area contributed by atoms with Crippen LogP contribution in [0.2, 0.25) is 0 Å². The van der Waals surface area contributed by atoms with E-state index >= 15 is 0 Å². The van der Waals surface area contributed by atoms with E-state index < -0.39 is 0 Å². The summed E-state index contributed by atoms with van der Waals surface area (Å²) in [5, 5.41) is 0. The van der Waals surface area contributed by atoms with Crippen LogP contribution in [-0.2, 0) is 0 Å². The number of nitrogens with zero attached hydrogens (tertiary/aromatic N) is 1. The minimum Gasteiger partial charge on any atom is -1.00 e. The van der Waals surface area contributed by atoms with Gasteiger partial charge in [0.15, 0.2) is 12.1 Å². The van der Waals surface area contributed by atoms with Gasteiger partial charge in [-0.3, -0.25) is 0 Å². The van der Waals surface area contributed by atoms with Crippen LogP contribution in [0.4, 0.5) is 0 Å². The zero-order valence-electron chi connectivity index (χ0n) is 13.9. The van der Waals surface area contributed by atoms with E-state index in [1.165, 1.54) is 70.6 Å². The second kappa shape index (κ2) is 10.6. The molecule has 0 aromatic rings. The van der Waals surface area contributed by atoms with Crippen LogP contribution >= 0.6 is 0 Å². The molecule has 0 saturated heterocycles. The van der Waals surface area contributed by atoms with Gasteiger partial charge in [-0.05, 0) is 38.5 Å². The molecule has 2 fully saturated rings. The molecule has 0 N–H and O–H groups in total. The molecule has 0 radical (unpaired) electrons. The Hall–Kier alpha value is -0.110. The first kappa shape index (κ1) is 18.9. The highest BCUT2D eigenvalue weighted by Crippen LogP contribution is 2.27. The Balaban J connectivity index is 0.00000220. The van der Waals surface area contributed by atoms with E-state index in [1.807, 2.05) is 0 Å². The van der Waals surface area contributed by atoms with Gasteiger partial charge in [-0.2, -0.15) is 0 Å². The highest BCUT2D eigenvalue weighted by Gasteiger charge is 2.32. The first-order chi connectivity index (χ1) is 9.85. The van der Waals surface area contributed by atoms with Gasteiger partial charge in [-0.1, -0.05) is 25.8 Å².